The molecule has 6 N–H and O–H groups in total. The first-order chi connectivity index (χ1) is 14.7. The van der Waals surface area contributed by atoms with Gasteiger partial charge in [-0.25, -0.2) is 19.6 Å². The lowest BCUT2D eigenvalue weighted by Gasteiger charge is -2.16. The standard InChI is InChI=1S/C17H22N4.C4H6O6/c1-12-11-19-9-8-14-16(12)20-15(21-17(14)18-2)10-13-6-4-3-5-7-13;5-1(3(7)8)2(6)4(9)10/h3-7,12,19H,8-11H2,1-2H3,(H,18,20,21);1-2,5-6H,(H,7,8)(H,9,10)/t12-;1-,2-/m01/s1. The number of nitrogens with zero attached hydrogens (tertiary/aromatic N) is 2. The zero-order valence-electron chi connectivity index (χ0n) is 17.4. The molecule has 0 aliphatic carbocycles. The third-order valence-electron chi connectivity index (χ3n) is 4.80. The lowest BCUT2D eigenvalue weighted by molar-refractivity contribution is -0.165. The Bertz CT molecular complexity index is 875. The summed E-state index contributed by atoms with van der Waals surface area (Å²) in [6, 6.07) is 10.4. The van der Waals surface area contributed by atoms with Gasteiger partial charge in [-0.15, -0.1) is 0 Å². The summed E-state index contributed by atoms with van der Waals surface area (Å²) in [6.07, 6.45) is -2.76. The highest BCUT2D eigenvalue weighted by atomic mass is 16.4. The summed E-state index contributed by atoms with van der Waals surface area (Å²) in [7, 11) is 1.94. The zero-order chi connectivity index (χ0) is 23.0. The lowest BCUT2D eigenvalue weighted by Crippen LogP contribution is -2.39. The molecular weight excluding hydrogens is 404 g/mol. The van der Waals surface area contributed by atoms with Gasteiger partial charge in [-0.2, -0.15) is 0 Å². The average Bonchev–Trinajstić information content (AvgIpc) is 2.94. The van der Waals surface area contributed by atoms with E-state index in [1.54, 1.807) is 0 Å². The van der Waals surface area contributed by atoms with E-state index < -0.39 is 24.1 Å². The second-order valence-corrected chi connectivity index (χ2v) is 7.19. The predicted octanol–water partition coefficient (Wildman–Crippen LogP) is 0.236. The second-order valence-electron chi connectivity index (χ2n) is 7.19. The van der Waals surface area contributed by atoms with E-state index in [0.29, 0.717) is 5.92 Å². The van der Waals surface area contributed by atoms with Gasteiger partial charge in [-0.3, -0.25) is 0 Å². The van der Waals surface area contributed by atoms with E-state index in [-0.39, 0.29) is 0 Å². The number of aliphatic hydroxyl groups excluding tert-OH is 2. The molecule has 3 atom stereocenters. The van der Waals surface area contributed by atoms with Gasteiger partial charge in [0.15, 0.2) is 12.2 Å². The molecule has 168 valence electrons. The van der Waals surface area contributed by atoms with Crippen LogP contribution >= 0.6 is 0 Å². The van der Waals surface area contributed by atoms with Crippen LogP contribution in [0.2, 0.25) is 0 Å². The molecule has 1 aliphatic rings. The summed E-state index contributed by atoms with van der Waals surface area (Å²) < 4.78 is 0. The van der Waals surface area contributed by atoms with Gasteiger partial charge in [0.05, 0.1) is 5.69 Å². The summed E-state index contributed by atoms with van der Waals surface area (Å²) in [5.74, 6) is -1.23. The molecule has 0 amide bonds. The molecule has 0 bridgehead atoms. The van der Waals surface area contributed by atoms with Crippen LogP contribution in [0.3, 0.4) is 0 Å². The number of fused-ring (bicyclic) bond motifs is 1. The van der Waals surface area contributed by atoms with Gasteiger partial charge in [0.2, 0.25) is 0 Å². The highest BCUT2D eigenvalue weighted by molar-refractivity contribution is 5.83. The number of hydrogen-bond acceptors (Lipinski definition) is 8. The molecule has 10 heteroatoms. The number of benzene rings is 1. The third kappa shape index (κ3) is 6.71. The molecule has 0 unspecified atom stereocenters. The number of aliphatic hydroxyl groups is 2. The molecule has 1 aromatic heterocycles. The lowest BCUT2D eigenvalue weighted by atomic mass is 10.0. The molecule has 1 aliphatic heterocycles. The minimum absolute atomic E-state index is 0.423. The van der Waals surface area contributed by atoms with Crippen LogP contribution in [0.1, 0.15) is 35.5 Å². The van der Waals surface area contributed by atoms with Crippen LogP contribution in [-0.2, 0) is 22.4 Å². The summed E-state index contributed by atoms with van der Waals surface area (Å²) in [4.78, 5) is 29.1. The number of hydrogen-bond donors (Lipinski definition) is 6. The van der Waals surface area contributed by atoms with Crippen molar-refractivity contribution in [1.29, 1.82) is 0 Å². The first kappa shape index (κ1) is 24.2. The summed E-state index contributed by atoms with van der Waals surface area (Å²) in [5.41, 5.74) is 3.72. The molecule has 2 heterocycles. The summed E-state index contributed by atoms with van der Waals surface area (Å²) >= 11 is 0. The van der Waals surface area contributed by atoms with Gasteiger partial charge in [0, 0.05) is 31.5 Å². The van der Waals surface area contributed by atoms with E-state index in [4.69, 9.17) is 30.4 Å². The van der Waals surface area contributed by atoms with Crippen molar-refractivity contribution in [2.75, 3.05) is 25.5 Å². The van der Waals surface area contributed by atoms with Crippen LogP contribution in [0, 0.1) is 0 Å². The van der Waals surface area contributed by atoms with Gasteiger partial charge in [0.1, 0.15) is 11.6 Å². The molecule has 0 radical (unpaired) electrons. The Labute approximate surface area is 180 Å². The van der Waals surface area contributed by atoms with Crippen LogP contribution < -0.4 is 10.6 Å². The molecule has 10 nitrogen and oxygen atoms in total. The number of aliphatic carboxylic acids is 2. The largest absolute Gasteiger partial charge is 0.479 e. The average molecular weight is 432 g/mol. The second kappa shape index (κ2) is 11.3. The van der Waals surface area contributed by atoms with Crippen LogP contribution in [0.25, 0.3) is 0 Å². The van der Waals surface area contributed by atoms with Crippen molar-refractivity contribution < 1.29 is 30.0 Å². The van der Waals surface area contributed by atoms with Crippen molar-refractivity contribution in [3.05, 3.63) is 53.0 Å². The van der Waals surface area contributed by atoms with E-state index in [9.17, 15) is 9.59 Å². The van der Waals surface area contributed by atoms with Crippen molar-refractivity contribution in [2.24, 2.45) is 0 Å². The maximum atomic E-state index is 9.77. The topological polar surface area (TPSA) is 165 Å². The molecule has 3 rings (SSSR count). The van der Waals surface area contributed by atoms with Crippen molar-refractivity contribution >= 4 is 17.8 Å². The third-order valence-corrected chi connectivity index (χ3v) is 4.80. The minimum atomic E-state index is -2.27. The van der Waals surface area contributed by atoms with E-state index in [2.05, 4.69) is 41.8 Å². The number of aromatic nitrogens is 2. The van der Waals surface area contributed by atoms with E-state index in [1.807, 2.05) is 13.1 Å². The van der Waals surface area contributed by atoms with Gasteiger partial charge in [0.25, 0.3) is 0 Å². The number of carboxylic acids is 2. The van der Waals surface area contributed by atoms with Crippen LogP contribution in [0.15, 0.2) is 30.3 Å². The number of carbonyl (C=O) groups is 2. The van der Waals surface area contributed by atoms with Crippen LogP contribution in [0.4, 0.5) is 5.82 Å². The monoisotopic (exact) mass is 432 g/mol. The maximum Gasteiger partial charge on any atom is 0.335 e. The first-order valence-electron chi connectivity index (χ1n) is 9.88. The van der Waals surface area contributed by atoms with E-state index >= 15 is 0 Å². The fourth-order valence-electron chi connectivity index (χ4n) is 3.17. The van der Waals surface area contributed by atoms with Gasteiger partial charge >= 0.3 is 11.9 Å². The molecule has 0 spiro atoms. The Morgan fingerprint density at radius 1 is 1.13 bits per heavy atom. The van der Waals surface area contributed by atoms with E-state index in [0.717, 1.165) is 37.6 Å². The fraction of sp³-hybridized carbons (Fsp3) is 0.429. The molecule has 1 aromatic carbocycles. The fourth-order valence-corrected chi connectivity index (χ4v) is 3.17. The first-order valence-corrected chi connectivity index (χ1v) is 9.88. The Kier molecular flexibility index (Phi) is 8.86. The quantitative estimate of drug-likeness (QED) is 0.372. The smallest absolute Gasteiger partial charge is 0.335 e. The van der Waals surface area contributed by atoms with Crippen molar-refractivity contribution in [1.82, 2.24) is 15.3 Å². The van der Waals surface area contributed by atoms with Gasteiger partial charge < -0.3 is 31.1 Å². The number of nitrogens with one attached hydrogen (secondary N) is 2. The van der Waals surface area contributed by atoms with E-state index in [1.165, 1.54) is 16.8 Å². The maximum absolute atomic E-state index is 9.77. The van der Waals surface area contributed by atoms with Crippen LogP contribution in [-0.4, -0.2) is 74.7 Å². The molecule has 0 saturated heterocycles. The zero-order valence-corrected chi connectivity index (χ0v) is 17.4. The van der Waals surface area contributed by atoms with Crippen molar-refractivity contribution in [2.45, 2.75) is 37.9 Å². The normalized spacial score (nSPS) is 17.2. The summed E-state index contributed by atoms with van der Waals surface area (Å²) in [6.45, 7) is 4.21. The van der Waals surface area contributed by atoms with Gasteiger partial charge in [-0.05, 0) is 18.5 Å². The van der Waals surface area contributed by atoms with Crippen molar-refractivity contribution in [3.63, 3.8) is 0 Å². The molecule has 2 aromatic rings. The Morgan fingerprint density at radius 3 is 2.29 bits per heavy atom. The highest BCUT2D eigenvalue weighted by Gasteiger charge is 2.29. The number of carboxylic acid groups (broad SMARTS) is 2. The number of anilines is 1. The molecule has 31 heavy (non-hydrogen) atoms. The van der Waals surface area contributed by atoms with Gasteiger partial charge in [-0.1, -0.05) is 37.3 Å². The predicted molar refractivity (Wildman–Crippen MR) is 113 cm³/mol. The Balaban J connectivity index is 0.000000291. The minimum Gasteiger partial charge on any atom is -0.479 e. The Morgan fingerprint density at radius 2 is 1.74 bits per heavy atom. The molecule has 0 saturated carbocycles. The molecular formula is C21H28N4O6. The van der Waals surface area contributed by atoms with Crippen LogP contribution in [0.5, 0.6) is 0 Å². The van der Waals surface area contributed by atoms with Crippen molar-refractivity contribution in [3.8, 4) is 0 Å². The summed E-state index contributed by atoms with van der Waals surface area (Å²) in [5, 5.41) is 39.2. The highest BCUT2D eigenvalue weighted by Crippen LogP contribution is 2.26. The SMILES string of the molecule is CNc1nc(Cc2ccccc2)nc2c1CCNC[C@@H]2C.O=C(O)[C@H](O)[C@@H](O)C(=O)O. The molecule has 0 fully saturated rings. The Hall–Kier alpha value is -3.08. The number of rotatable bonds is 6.